The van der Waals surface area contributed by atoms with Crippen LogP contribution in [0.1, 0.15) is 109 Å². The highest BCUT2D eigenvalue weighted by molar-refractivity contribution is 5.69. The quantitative estimate of drug-likeness (QED) is 0.141. The first-order valence-corrected chi connectivity index (χ1v) is 13.3. The zero-order valence-electron chi connectivity index (χ0n) is 22.2. The smallest absolute Gasteiger partial charge is 0.308 e. The van der Waals surface area contributed by atoms with Gasteiger partial charge in [0.15, 0.2) is 0 Å². The van der Waals surface area contributed by atoms with Gasteiger partial charge in [-0.1, -0.05) is 109 Å². The number of benzene rings is 2. The molecular weight excluding hydrogens is 420 g/mol. The molecule has 2 rings (SSSR count). The molecule has 0 fully saturated rings. The fourth-order valence-corrected chi connectivity index (χ4v) is 5.02. The second-order valence-corrected chi connectivity index (χ2v) is 10.1. The van der Waals surface area contributed by atoms with Crippen LogP contribution in [-0.2, 0) is 10.2 Å². The van der Waals surface area contributed by atoms with E-state index in [1.807, 2.05) is 24.3 Å². The van der Waals surface area contributed by atoms with Crippen LogP contribution in [0.25, 0.3) is 0 Å². The fourth-order valence-electron chi connectivity index (χ4n) is 5.02. The molecule has 34 heavy (non-hydrogen) atoms. The molecule has 2 aromatic carbocycles. The molecule has 2 atom stereocenters. The molecule has 2 aromatic rings. The van der Waals surface area contributed by atoms with Gasteiger partial charge in [-0.2, -0.15) is 0 Å². The summed E-state index contributed by atoms with van der Waals surface area (Å²) in [5.41, 5.74) is 2.40. The van der Waals surface area contributed by atoms with E-state index in [0.717, 1.165) is 12.2 Å². The molecule has 0 saturated carbocycles. The average molecular weight is 467 g/mol. The molecule has 0 spiro atoms. The van der Waals surface area contributed by atoms with Crippen molar-refractivity contribution >= 4 is 5.97 Å². The first-order valence-electron chi connectivity index (χ1n) is 13.3. The van der Waals surface area contributed by atoms with Crippen LogP contribution in [0.5, 0.6) is 11.5 Å². The molecule has 188 valence electrons. The normalized spacial score (nSPS) is 13.8. The maximum absolute atomic E-state index is 11.3. The van der Waals surface area contributed by atoms with Crippen molar-refractivity contribution in [1.82, 2.24) is 0 Å². The molecule has 0 bridgehead atoms. The van der Waals surface area contributed by atoms with E-state index in [9.17, 15) is 4.79 Å². The van der Waals surface area contributed by atoms with Crippen LogP contribution in [-0.4, -0.2) is 13.1 Å². The van der Waals surface area contributed by atoms with Gasteiger partial charge >= 0.3 is 5.97 Å². The predicted molar refractivity (Wildman–Crippen MR) is 143 cm³/mol. The molecule has 0 aliphatic carbocycles. The zero-order valence-corrected chi connectivity index (χ0v) is 22.2. The van der Waals surface area contributed by atoms with Gasteiger partial charge in [0.25, 0.3) is 0 Å². The molecular formula is C31H46O3. The minimum absolute atomic E-state index is 0.125. The number of carbonyl (C=O) groups excluding carboxylic acids is 1. The van der Waals surface area contributed by atoms with E-state index in [2.05, 4.69) is 45.0 Å². The van der Waals surface area contributed by atoms with Gasteiger partial charge in [-0.3, -0.25) is 4.79 Å². The summed E-state index contributed by atoms with van der Waals surface area (Å²) in [6, 6.07) is 16.5. The number of unbranched alkanes of at least 4 members (excludes halogenated alkanes) is 8. The summed E-state index contributed by atoms with van der Waals surface area (Å²) in [5.74, 6) is 1.79. The van der Waals surface area contributed by atoms with Gasteiger partial charge in [-0.15, -0.1) is 0 Å². The van der Waals surface area contributed by atoms with Crippen molar-refractivity contribution in [3.8, 4) is 11.5 Å². The molecule has 0 aliphatic rings. The maximum atomic E-state index is 11.3. The zero-order chi connectivity index (χ0) is 24.8. The first-order chi connectivity index (χ1) is 16.4. The molecule has 0 N–H and O–H groups in total. The second-order valence-electron chi connectivity index (χ2n) is 10.1. The summed E-state index contributed by atoms with van der Waals surface area (Å²) in [6.07, 6.45) is 14.6. The highest BCUT2D eigenvalue weighted by atomic mass is 16.5. The van der Waals surface area contributed by atoms with E-state index in [-0.39, 0.29) is 11.4 Å². The van der Waals surface area contributed by atoms with Crippen LogP contribution in [0.4, 0.5) is 0 Å². The molecule has 3 heteroatoms. The van der Waals surface area contributed by atoms with Gasteiger partial charge in [0.2, 0.25) is 0 Å². The second kappa shape index (κ2) is 14.9. The van der Waals surface area contributed by atoms with E-state index in [1.165, 1.54) is 82.3 Å². The van der Waals surface area contributed by atoms with Crippen molar-refractivity contribution in [3.05, 3.63) is 59.7 Å². The number of methoxy groups -OCH3 is 1. The Morgan fingerprint density at radius 2 is 1.26 bits per heavy atom. The summed E-state index contributed by atoms with van der Waals surface area (Å²) < 4.78 is 10.6. The summed E-state index contributed by atoms with van der Waals surface area (Å²) in [7, 11) is 1.70. The Labute approximate surface area is 208 Å². The van der Waals surface area contributed by atoms with Gasteiger partial charge in [0.1, 0.15) is 11.5 Å². The van der Waals surface area contributed by atoms with E-state index in [1.54, 1.807) is 7.11 Å². The largest absolute Gasteiger partial charge is 0.497 e. The lowest BCUT2D eigenvalue weighted by Crippen LogP contribution is -2.26. The number of hydrogen-bond donors (Lipinski definition) is 0. The molecule has 0 saturated heterocycles. The van der Waals surface area contributed by atoms with Gasteiger partial charge in [0.05, 0.1) is 7.11 Å². The topological polar surface area (TPSA) is 35.5 Å². The van der Waals surface area contributed by atoms with E-state index in [0.29, 0.717) is 11.7 Å². The lowest BCUT2D eigenvalue weighted by Gasteiger charge is -2.34. The van der Waals surface area contributed by atoms with Gasteiger partial charge in [0, 0.05) is 12.3 Å². The molecule has 0 heterocycles. The SMILES string of the molecule is CCCCCCCCCCCC(C)CC(C)(c1ccc(OC)cc1)c1ccc(OC(C)=O)cc1. The lowest BCUT2D eigenvalue weighted by molar-refractivity contribution is -0.131. The Bertz CT molecular complexity index is 825. The van der Waals surface area contributed by atoms with Crippen molar-refractivity contribution in [3.63, 3.8) is 0 Å². The fraction of sp³-hybridized carbons (Fsp3) is 0.581. The first kappa shape index (κ1) is 28.0. The van der Waals surface area contributed by atoms with Crippen molar-refractivity contribution in [2.45, 2.75) is 104 Å². The van der Waals surface area contributed by atoms with E-state index < -0.39 is 0 Å². The summed E-state index contributed by atoms with van der Waals surface area (Å²) >= 11 is 0. The number of ether oxygens (including phenoxy) is 2. The molecule has 0 aliphatic heterocycles. The van der Waals surface area contributed by atoms with Crippen LogP contribution in [0.15, 0.2) is 48.5 Å². The summed E-state index contributed by atoms with van der Waals surface area (Å²) in [5, 5.41) is 0. The van der Waals surface area contributed by atoms with Crippen LogP contribution >= 0.6 is 0 Å². The van der Waals surface area contributed by atoms with Gasteiger partial charge in [-0.05, 0) is 47.7 Å². The predicted octanol–water partition coefficient (Wildman–Crippen LogP) is 8.87. The van der Waals surface area contributed by atoms with Crippen molar-refractivity contribution in [1.29, 1.82) is 0 Å². The molecule has 0 amide bonds. The van der Waals surface area contributed by atoms with Crippen molar-refractivity contribution in [2.24, 2.45) is 5.92 Å². The van der Waals surface area contributed by atoms with Crippen molar-refractivity contribution < 1.29 is 14.3 Å². The van der Waals surface area contributed by atoms with Gasteiger partial charge < -0.3 is 9.47 Å². The van der Waals surface area contributed by atoms with Crippen LogP contribution in [0, 0.1) is 5.92 Å². The monoisotopic (exact) mass is 466 g/mol. The molecule has 2 unspecified atom stereocenters. The summed E-state index contributed by atoms with van der Waals surface area (Å²) in [6.45, 7) is 8.44. The third kappa shape index (κ3) is 9.16. The van der Waals surface area contributed by atoms with Crippen molar-refractivity contribution in [2.75, 3.05) is 7.11 Å². The Hall–Kier alpha value is -2.29. The number of carbonyl (C=O) groups is 1. The Morgan fingerprint density at radius 1 is 0.794 bits per heavy atom. The minimum atomic E-state index is -0.291. The summed E-state index contributed by atoms with van der Waals surface area (Å²) in [4.78, 5) is 11.3. The third-order valence-corrected chi connectivity index (χ3v) is 7.04. The Kier molecular flexibility index (Phi) is 12.2. The third-order valence-electron chi connectivity index (χ3n) is 7.04. The number of rotatable bonds is 16. The lowest BCUT2D eigenvalue weighted by atomic mass is 9.70. The van der Waals surface area contributed by atoms with Crippen LogP contribution in [0.3, 0.4) is 0 Å². The number of hydrogen-bond acceptors (Lipinski definition) is 3. The van der Waals surface area contributed by atoms with Gasteiger partial charge in [-0.25, -0.2) is 0 Å². The van der Waals surface area contributed by atoms with Crippen LogP contribution in [0.2, 0.25) is 0 Å². The molecule has 3 nitrogen and oxygen atoms in total. The highest BCUT2D eigenvalue weighted by Crippen LogP contribution is 2.40. The average Bonchev–Trinajstić information content (AvgIpc) is 2.83. The standard InChI is InChI=1S/C31H46O3/c1-6-7-8-9-10-11-12-13-14-15-25(2)24-31(4,27-16-20-29(33-5)21-17-27)28-18-22-30(23-19-28)34-26(3)32/h16-23,25H,6-15,24H2,1-5H3. The van der Waals surface area contributed by atoms with E-state index >= 15 is 0 Å². The highest BCUT2D eigenvalue weighted by Gasteiger charge is 2.31. The number of esters is 1. The minimum Gasteiger partial charge on any atom is -0.497 e. The Balaban J connectivity index is 2.00. The Morgan fingerprint density at radius 3 is 1.74 bits per heavy atom. The maximum Gasteiger partial charge on any atom is 0.308 e. The molecule has 0 aromatic heterocycles. The van der Waals surface area contributed by atoms with Crippen LogP contribution < -0.4 is 9.47 Å². The van der Waals surface area contributed by atoms with E-state index in [4.69, 9.17) is 9.47 Å². The molecule has 0 radical (unpaired) electrons.